The highest BCUT2D eigenvalue weighted by atomic mass is 127. The number of nitrogens with zero attached hydrogens (tertiary/aromatic N) is 1. The first-order valence-electron chi connectivity index (χ1n) is 2.12. The van der Waals surface area contributed by atoms with Crippen LogP contribution in [0.5, 0.6) is 0 Å². The van der Waals surface area contributed by atoms with Gasteiger partial charge in [-0.25, -0.2) is 0 Å². The Hall–Kier alpha value is 0.230. The van der Waals surface area contributed by atoms with E-state index >= 15 is 0 Å². The van der Waals surface area contributed by atoms with Gasteiger partial charge in [-0.05, 0) is 12.1 Å². The van der Waals surface area contributed by atoms with E-state index < -0.39 is 0 Å². The van der Waals surface area contributed by atoms with E-state index in [0.29, 0.717) is 0 Å². The van der Waals surface area contributed by atoms with Gasteiger partial charge in [0.1, 0.15) is 0 Å². The lowest BCUT2D eigenvalue weighted by molar-refractivity contribution is 1.24. The van der Waals surface area contributed by atoms with Crippen molar-refractivity contribution in [3.8, 4) is 0 Å². The van der Waals surface area contributed by atoms with Crippen LogP contribution in [-0.2, 0) is 0 Å². The molecule has 1 aromatic heterocycles. The Kier molecular flexibility index (Phi) is 2.62. The van der Waals surface area contributed by atoms with Crippen LogP contribution in [0.15, 0.2) is 29.4 Å². The van der Waals surface area contributed by atoms with Crippen LogP contribution in [0.4, 0.5) is 0 Å². The number of hydrogen-bond acceptors (Lipinski definition) is 2. The molecule has 1 nitrogen and oxygen atoms in total. The van der Waals surface area contributed by atoms with Crippen molar-refractivity contribution >= 4 is 30.1 Å². The topological polar surface area (TPSA) is 12.9 Å². The van der Waals surface area contributed by atoms with Gasteiger partial charge < -0.3 is 0 Å². The minimum atomic E-state index is 1.20. The first-order valence-corrected chi connectivity index (χ1v) is 5.48. The molecule has 0 radical (unpaired) electrons. The third kappa shape index (κ3) is 1.63. The lowest BCUT2D eigenvalue weighted by Gasteiger charge is -1.86. The van der Waals surface area contributed by atoms with Crippen LogP contribution in [0.2, 0.25) is 0 Å². The molecule has 0 saturated carbocycles. The molecule has 8 heavy (non-hydrogen) atoms. The summed E-state index contributed by atoms with van der Waals surface area (Å²) in [5.74, 6) is 0. The van der Waals surface area contributed by atoms with Crippen LogP contribution in [-0.4, -0.2) is 4.98 Å². The molecule has 0 N–H and O–H groups in total. The number of halogens is 1. The maximum absolute atomic E-state index is 3.93. The third-order valence-electron chi connectivity index (χ3n) is 0.723. The third-order valence-corrected chi connectivity index (χ3v) is 2.67. The predicted octanol–water partition coefficient (Wildman–Crippen LogP) is 2.52. The van der Waals surface area contributed by atoms with Crippen LogP contribution >= 0.6 is 30.1 Å². The fraction of sp³-hybridized carbons (Fsp3) is 0. The average Bonchev–Trinajstić information content (AvgIpc) is 1.90. The molecule has 1 heterocycles. The van der Waals surface area contributed by atoms with Crippen LogP contribution in [0, 0.1) is 0 Å². The van der Waals surface area contributed by atoms with Gasteiger partial charge in [0, 0.05) is 38.5 Å². The monoisotopic (exact) mass is 237 g/mol. The molecule has 0 amide bonds. The normalized spacial score (nSPS) is 9.12. The van der Waals surface area contributed by atoms with E-state index in [9.17, 15) is 0 Å². The van der Waals surface area contributed by atoms with Gasteiger partial charge in [-0.15, -0.1) is 0 Å². The van der Waals surface area contributed by atoms with Crippen molar-refractivity contribution in [2.75, 3.05) is 0 Å². The largest absolute Gasteiger partial charge is 0.264 e. The Morgan fingerprint density at radius 3 is 2.88 bits per heavy atom. The van der Waals surface area contributed by atoms with Crippen molar-refractivity contribution < 1.29 is 0 Å². The minimum Gasteiger partial charge on any atom is -0.264 e. The summed E-state index contributed by atoms with van der Waals surface area (Å²) in [4.78, 5) is 5.13. The van der Waals surface area contributed by atoms with Crippen molar-refractivity contribution in [2.45, 2.75) is 4.90 Å². The van der Waals surface area contributed by atoms with Crippen LogP contribution in [0.1, 0.15) is 0 Å². The Morgan fingerprint density at radius 2 is 2.50 bits per heavy atom. The van der Waals surface area contributed by atoms with Gasteiger partial charge in [-0.2, -0.15) is 0 Å². The van der Waals surface area contributed by atoms with Gasteiger partial charge in [0.25, 0.3) is 0 Å². The highest BCUT2D eigenvalue weighted by Crippen LogP contribution is 2.22. The summed E-state index contributed by atoms with van der Waals surface area (Å²) in [5.41, 5.74) is 0. The highest BCUT2D eigenvalue weighted by molar-refractivity contribution is 14.2. The molecule has 0 atom stereocenters. The molecular formula is C5H4INS. The van der Waals surface area contributed by atoms with Crippen LogP contribution < -0.4 is 0 Å². The Bertz CT molecular complexity index is 154. The van der Waals surface area contributed by atoms with E-state index in [1.165, 1.54) is 4.90 Å². The summed E-state index contributed by atoms with van der Waals surface area (Å²) >= 11 is 2.23. The zero-order valence-electron chi connectivity index (χ0n) is 4.04. The van der Waals surface area contributed by atoms with Crippen LogP contribution in [0.3, 0.4) is 0 Å². The van der Waals surface area contributed by atoms with Gasteiger partial charge in [0.2, 0.25) is 0 Å². The van der Waals surface area contributed by atoms with E-state index in [4.69, 9.17) is 0 Å². The molecule has 0 fully saturated rings. The van der Waals surface area contributed by atoms with Crippen molar-refractivity contribution in [1.29, 1.82) is 0 Å². The maximum Gasteiger partial charge on any atom is 0.0411 e. The molecular weight excluding hydrogens is 233 g/mol. The molecule has 42 valence electrons. The lowest BCUT2D eigenvalue weighted by atomic mass is 10.5. The van der Waals surface area contributed by atoms with Gasteiger partial charge in [-0.1, -0.05) is 8.93 Å². The first-order chi connectivity index (χ1) is 3.93. The molecule has 0 unspecified atom stereocenters. The fourth-order valence-corrected chi connectivity index (χ4v) is 1.40. The summed E-state index contributed by atoms with van der Waals surface area (Å²) in [6, 6.07) is 3.96. The van der Waals surface area contributed by atoms with Crippen molar-refractivity contribution in [3.05, 3.63) is 24.5 Å². The fourth-order valence-electron chi connectivity index (χ4n) is 0.393. The maximum atomic E-state index is 3.93. The summed E-state index contributed by atoms with van der Waals surface area (Å²) in [6.45, 7) is 0. The minimum absolute atomic E-state index is 1.20. The van der Waals surface area contributed by atoms with Gasteiger partial charge in [-0.3, -0.25) is 4.98 Å². The Morgan fingerprint density at radius 1 is 1.62 bits per heavy atom. The second kappa shape index (κ2) is 3.29. The van der Waals surface area contributed by atoms with E-state index in [1.54, 1.807) is 15.1 Å². The molecule has 0 bridgehead atoms. The number of rotatable bonds is 1. The molecule has 0 aliphatic heterocycles. The van der Waals surface area contributed by atoms with E-state index in [2.05, 4.69) is 26.2 Å². The van der Waals surface area contributed by atoms with Crippen molar-refractivity contribution in [2.24, 2.45) is 0 Å². The second-order valence-corrected chi connectivity index (χ2v) is 3.21. The quantitative estimate of drug-likeness (QED) is 0.696. The molecule has 0 aromatic carbocycles. The van der Waals surface area contributed by atoms with Crippen LogP contribution in [0.25, 0.3) is 0 Å². The smallest absolute Gasteiger partial charge is 0.0411 e. The van der Waals surface area contributed by atoms with Crippen molar-refractivity contribution in [1.82, 2.24) is 4.98 Å². The molecule has 0 saturated heterocycles. The zero-order valence-corrected chi connectivity index (χ0v) is 7.02. The Balaban J connectivity index is 2.83. The van der Waals surface area contributed by atoms with Gasteiger partial charge in [0.15, 0.2) is 0 Å². The number of hydrogen-bond donors (Lipinski definition) is 0. The summed E-state index contributed by atoms with van der Waals surface area (Å²) in [7, 11) is 1.68. The highest BCUT2D eigenvalue weighted by Gasteiger charge is 1.83. The average molecular weight is 237 g/mol. The summed E-state index contributed by atoms with van der Waals surface area (Å²) < 4.78 is 0. The molecule has 0 aliphatic carbocycles. The standard InChI is InChI=1S/C5H4INS/c6-8-5-2-1-3-7-4-5/h1-4H. The first kappa shape index (κ1) is 6.35. The molecule has 0 spiro atoms. The Labute approximate surface area is 64.5 Å². The lowest BCUT2D eigenvalue weighted by Crippen LogP contribution is -1.67. The van der Waals surface area contributed by atoms with Gasteiger partial charge in [0.05, 0.1) is 0 Å². The molecule has 3 heteroatoms. The molecule has 1 rings (SSSR count). The van der Waals surface area contributed by atoms with E-state index in [0.717, 1.165) is 0 Å². The summed E-state index contributed by atoms with van der Waals surface area (Å²) in [6.07, 6.45) is 3.62. The van der Waals surface area contributed by atoms with Crippen molar-refractivity contribution in [3.63, 3.8) is 0 Å². The SMILES string of the molecule is ISc1cccnc1. The van der Waals surface area contributed by atoms with E-state index in [1.807, 2.05) is 18.3 Å². The number of pyridine rings is 1. The predicted molar refractivity (Wildman–Crippen MR) is 44.1 cm³/mol. The zero-order chi connectivity index (χ0) is 5.82. The number of aromatic nitrogens is 1. The second-order valence-electron chi connectivity index (χ2n) is 1.27. The van der Waals surface area contributed by atoms with E-state index in [-0.39, 0.29) is 0 Å². The molecule has 0 aliphatic rings. The molecule has 1 aromatic rings. The van der Waals surface area contributed by atoms with Gasteiger partial charge >= 0.3 is 0 Å². The summed E-state index contributed by atoms with van der Waals surface area (Å²) in [5, 5.41) is 0.